The number of sulfonamides is 1. The number of aryl methyl sites for hydroxylation is 2. The lowest BCUT2D eigenvalue weighted by Crippen LogP contribution is -2.43. The van der Waals surface area contributed by atoms with Gasteiger partial charge in [0.15, 0.2) is 0 Å². The molecule has 2 aromatic rings. The minimum absolute atomic E-state index is 0.0262. The van der Waals surface area contributed by atoms with Crippen molar-refractivity contribution in [2.45, 2.75) is 44.0 Å². The van der Waals surface area contributed by atoms with Gasteiger partial charge in [0.05, 0.1) is 6.61 Å². The van der Waals surface area contributed by atoms with Gasteiger partial charge >= 0.3 is 5.97 Å². The quantitative estimate of drug-likeness (QED) is 0.677. The van der Waals surface area contributed by atoms with E-state index in [1.54, 1.807) is 14.0 Å². The van der Waals surface area contributed by atoms with Gasteiger partial charge in [-0.2, -0.15) is 4.31 Å². The number of benzene rings is 1. The molecule has 9 heteroatoms. The third-order valence-electron chi connectivity index (χ3n) is 5.23. The van der Waals surface area contributed by atoms with Crippen LogP contribution >= 0.6 is 0 Å². The molecule has 1 aliphatic rings. The summed E-state index contributed by atoms with van der Waals surface area (Å²) in [4.78, 5) is 25.0. The second-order valence-corrected chi connectivity index (χ2v) is 9.06. The molecule has 1 atom stereocenters. The van der Waals surface area contributed by atoms with Crippen molar-refractivity contribution in [2.75, 3.05) is 18.5 Å². The molecule has 1 aromatic carbocycles. The largest absolute Gasteiger partial charge is 0.461 e. The summed E-state index contributed by atoms with van der Waals surface area (Å²) >= 11 is 0. The van der Waals surface area contributed by atoms with Gasteiger partial charge in [0.2, 0.25) is 15.9 Å². The predicted molar refractivity (Wildman–Crippen MR) is 113 cm³/mol. The first-order chi connectivity index (χ1) is 14.3. The fourth-order valence-corrected chi connectivity index (χ4v) is 5.40. The van der Waals surface area contributed by atoms with Crippen LogP contribution in [0.2, 0.25) is 0 Å². The van der Waals surface area contributed by atoms with Crippen LogP contribution in [0.4, 0.5) is 5.69 Å². The van der Waals surface area contributed by atoms with E-state index in [-0.39, 0.29) is 29.6 Å². The van der Waals surface area contributed by atoms with Gasteiger partial charge < -0.3 is 14.6 Å². The van der Waals surface area contributed by atoms with E-state index in [0.717, 1.165) is 12.0 Å². The number of aromatic nitrogens is 1. The molecule has 1 aromatic heterocycles. The molecule has 3 rings (SSSR count). The normalized spacial score (nSPS) is 17.1. The van der Waals surface area contributed by atoms with Crippen LogP contribution < -0.4 is 5.32 Å². The number of ether oxygens (including phenoxy) is 1. The second kappa shape index (κ2) is 9.01. The van der Waals surface area contributed by atoms with Crippen LogP contribution in [0.1, 0.15) is 42.7 Å². The number of nitrogens with one attached hydrogen (secondary N) is 1. The number of amides is 1. The molecular weight excluding hydrogens is 406 g/mol. The van der Waals surface area contributed by atoms with Crippen LogP contribution in [0.3, 0.4) is 0 Å². The Kier molecular flexibility index (Phi) is 6.62. The SMILES string of the molecule is CCOC(=O)c1cc(S(=O)(=O)N2CCCC2C(=O)Nc2ccccc2CC)cn1C. The molecule has 1 amide bonds. The number of nitrogens with zero attached hydrogens (tertiary/aromatic N) is 2. The Labute approximate surface area is 176 Å². The molecule has 0 spiro atoms. The fraction of sp³-hybridized carbons (Fsp3) is 0.429. The van der Waals surface area contributed by atoms with Crippen LogP contribution in [-0.2, 0) is 33.0 Å². The summed E-state index contributed by atoms with van der Waals surface area (Å²) < 4.78 is 34.1. The molecule has 162 valence electrons. The van der Waals surface area contributed by atoms with E-state index in [9.17, 15) is 18.0 Å². The highest BCUT2D eigenvalue weighted by Crippen LogP contribution is 2.28. The summed E-state index contributed by atoms with van der Waals surface area (Å²) in [7, 11) is -2.36. The van der Waals surface area contributed by atoms with E-state index in [1.165, 1.54) is 21.1 Å². The van der Waals surface area contributed by atoms with Crippen molar-refractivity contribution >= 4 is 27.6 Å². The number of esters is 1. The molecule has 1 fully saturated rings. The van der Waals surface area contributed by atoms with Crippen molar-refractivity contribution in [3.05, 3.63) is 47.8 Å². The summed E-state index contributed by atoms with van der Waals surface area (Å²) in [5.74, 6) is -0.938. The van der Waals surface area contributed by atoms with Gasteiger partial charge in [-0.1, -0.05) is 25.1 Å². The predicted octanol–water partition coefficient (Wildman–Crippen LogP) is 2.56. The van der Waals surface area contributed by atoms with Gasteiger partial charge in [-0.25, -0.2) is 13.2 Å². The molecule has 2 heterocycles. The first kappa shape index (κ1) is 22.0. The molecule has 1 saturated heterocycles. The monoisotopic (exact) mass is 433 g/mol. The minimum Gasteiger partial charge on any atom is -0.461 e. The average molecular weight is 434 g/mol. The second-order valence-electron chi connectivity index (χ2n) is 7.17. The van der Waals surface area contributed by atoms with E-state index >= 15 is 0 Å². The lowest BCUT2D eigenvalue weighted by molar-refractivity contribution is -0.119. The molecule has 1 aliphatic heterocycles. The molecule has 30 heavy (non-hydrogen) atoms. The summed E-state index contributed by atoms with van der Waals surface area (Å²) in [6.07, 6.45) is 3.16. The summed E-state index contributed by atoms with van der Waals surface area (Å²) in [6.45, 7) is 4.12. The number of rotatable bonds is 7. The van der Waals surface area contributed by atoms with Crippen molar-refractivity contribution in [3.63, 3.8) is 0 Å². The van der Waals surface area contributed by atoms with Crippen molar-refractivity contribution in [3.8, 4) is 0 Å². The van der Waals surface area contributed by atoms with E-state index in [1.807, 2.05) is 31.2 Å². The number of hydrogen-bond donors (Lipinski definition) is 1. The maximum absolute atomic E-state index is 13.3. The van der Waals surface area contributed by atoms with Crippen molar-refractivity contribution in [1.29, 1.82) is 0 Å². The first-order valence-corrected chi connectivity index (χ1v) is 11.5. The van der Waals surface area contributed by atoms with Crippen molar-refractivity contribution in [2.24, 2.45) is 7.05 Å². The number of para-hydroxylation sites is 1. The fourth-order valence-electron chi connectivity index (χ4n) is 3.68. The lowest BCUT2D eigenvalue weighted by Gasteiger charge is -2.23. The van der Waals surface area contributed by atoms with Gasteiger partial charge in [0, 0.05) is 25.5 Å². The zero-order chi connectivity index (χ0) is 21.9. The third kappa shape index (κ3) is 4.27. The highest BCUT2D eigenvalue weighted by molar-refractivity contribution is 7.89. The summed E-state index contributed by atoms with van der Waals surface area (Å²) in [5.41, 5.74) is 1.83. The number of carbonyl (C=O) groups excluding carboxylic acids is 2. The molecule has 1 N–H and O–H groups in total. The van der Waals surface area contributed by atoms with Crippen molar-refractivity contribution in [1.82, 2.24) is 8.87 Å². The molecule has 0 radical (unpaired) electrons. The van der Waals surface area contributed by atoms with E-state index in [0.29, 0.717) is 18.5 Å². The van der Waals surface area contributed by atoms with Gasteiger partial charge in [-0.15, -0.1) is 0 Å². The first-order valence-electron chi connectivity index (χ1n) is 10.0. The zero-order valence-corrected chi connectivity index (χ0v) is 18.2. The van der Waals surface area contributed by atoms with Crippen molar-refractivity contribution < 1.29 is 22.7 Å². The molecule has 1 unspecified atom stereocenters. The number of anilines is 1. The smallest absolute Gasteiger partial charge is 0.354 e. The van der Waals surface area contributed by atoms with Gasteiger partial charge in [-0.3, -0.25) is 4.79 Å². The maximum atomic E-state index is 13.3. The Hall–Kier alpha value is -2.65. The molecule has 8 nitrogen and oxygen atoms in total. The van der Waals surface area contributed by atoms with Crippen LogP contribution in [0.25, 0.3) is 0 Å². The average Bonchev–Trinajstić information content (AvgIpc) is 3.36. The summed E-state index contributed by atoms with van der Waals surface area (Å²) in [6, 6.07) is 7.97. The van der Waals surface area contributed by atoms with E-state index in [4.69, 9.17) is 4.74 Å². The van der Waals surface area contributed by atoms with Gasteiger partial charge in [0.25, 0.3) is 0 Å². The van der Waals surface area contributed by atoms with Crippen LogP contribution in [0.15, 0.2) is 41.4 Å². The highest BCUT2D eigenvalue weighted by atomic mass is 32.2. The van der Waals surface area contributed by atoms with Crippen LogP contribution in [-0.4, -0.2) is 48.4 Å². The summed E-state index contributed by atoms with van der Waals surface area (Å²) in [5, 5.41) is 2.88. The molecule has 0 bridgehead atoms. The van der Waals surface area contributed by atoms with E-state index in [2.05, 4.69) is 5.32 Å². The Morgan fingerprint density at radius 3 is 2.67 bits per heavy atom. The standard InChI is InChI=1S/C21H27N3O5S/c1-4-15-9-6-7-10-17(15)22-20(25)18-11-8-12-24(18)30(27,28)16-13-19(23(3)14-16)21(26)29-5-2/h6-7,9-10,13-14,18H,4-5,8,11-12H2,1-3H3,(H,22,25). The Morgan fingerprint density at radius 1 is 1.23 bits per heavy atom. The number of carbonyl (C=O) groups is 2. The Bertz CT molecular complexity index is 1040. The van der Waals surface area contributed by atoms with Crippen LogP contribution in [0, 0.1) is 0 Å². The molecule has 0 saturated carbocycles. The third-order valence-corrected chi connectivity index (χ3v) is 7.11. The molecule has 0 aliphatic carbocycles. The lowest BCUT2D eigenvalue weighted by atomic mass is 10.1. The van der Waals surface area contributed by atoms with Crippen LogP contribution in [0.5, 0.6) is 0 Å². The minimum atomic E-state index is -3.95. The van der Waals surface area contributed by atoms with E-state index < -0.39 is 22.0 Å². The Morgan fingerprint density at radius 2 is 1.97 bits per heavy atom. The molecular formula is C21H27N3O5S. The maximum Gasteiger partial charge on any atom is 0.354 e. The Balaban J connectivity index is 1.84. The van der Waals surface area contributed by atoms with Gasteiger partial charge in [0.1, 0.15) is 16.6 Å². The highest BCUT2D eigenvalue weighted by Gasteiger charge is 2.40. The van der Waals surface area contributed by atoms with Gasteiger partial charge in [-0.05, 0) is 43.9 Å². The zero-order valence-electron chi connectivity index (χ0n) is 17.4. The topological polar surface area (TPSA) is 97.7 Å². The number of hydrogen-bond acceptors (Lipinski definition) is 5.